The number of nitrogens with zero attached hydrogens (tertiary/aromatic N) is 5. The maximum atomic E-state index is 10.6. The number of fused-ring (bicyclic) bond motifs is 1. The Morgan fingerprint density at radius 1 is 0.804 bits per heavy atom. The number of hydrogen-bond acceptors (Lipinski definition) is 8. The number of pyridine rings is 1. The van der Waals surface area contributed by atoms with E-state index in [1.165, 1.54) is 29.9 Å². The highest BCUT2D eigenvalue weighted by Crippen LogP contribution is 2.28. The fourth-order valence-electron chi connectivity index (χ4n) is 4.80. The summed E-state index contributed by atoms with van der Waals surface area (Å²) >= 11 is 0. The van der Waals surface area contributed by atoms with Crippen molar-refractivity contribution in [3.8, 4) is 5.75 Å². The van der Waals surface area contributed by atoms with Crippen molar-refractivity contribution in [1.29, 1.82) is 0 Å². The van der Waals surface area contributed by atoms with E-state index in [4.69, 9.17) is 39.4 Å². The SMILES string of the molecule is COc1cccc(CN2CCN(C)C(c3cn4c(N5CCCC5)cccc4n3)C2)c1.O=C(O)C(F)(F)F.O=C(O)C(F)(F)F.O=C(O)C(F)(F)F. The number of carboxylic acid groups (broad SMARTS) is 3. The molecular formula is C30H34F9N5O7. The average molecular weight is 748 g/mol. The lowest BCUT2D eigenvalue weighted by molar-refractivity contribution is -0.193. The van der Waals surface area contributed by atoms with E-state index in [9.17, 15) is 39.5 Å². The van der Waals surface area contributed by atoms with Crippen LogP contribution in [0.2, 0.25) is 0 Å². The molecule has 2 aromatic heterocycles. The molecule has 0 aliphatic carbocycles. The van der Waals surface area contributed by atoms with Gasteiger partial charge in [0.25, 0.3) is 0 Å². The molecule has 2 aliphatic heterocycles. The largest absolute Gasteiger partial charge is 0.497 e. The zero-order valence-corrected chi connectivity index (χ0v) is 27.0. The van der Waals surface area contributed by atoms with Crippen molar-refractivity contribution in [3.63, 3.8) is 0 Å². The molecule has 1 unspecified atom stereocenters. The fourth-order valence-corrected chi connectivity index (χ4v) is 4.80. The Morgan fingerprint density at radius 3 is 1.80 bits per heavy atom. The molecule has 3 N–H and O–H groups in total. The first-order valence-electron chi connectivity index (χ1n) is 14.7. The van der Waals surface area contributed by atoms with Gasteiger partial charge in [0.2, 0.25) is 0 Å². The first kappa shape index (κ1) is 42.4. The number of carboxylic acids is 3. The van der Waals surface area contributed by atoms with Gasteiger partial charge in [-0.1, -0.05) is 18.2 Å². The number of likely N-dealkylation sites (N-methyl/N-ethyl adjacent to an activating group) is 1. The van der Waals surface area contributed by atoms with E-state index in [-0.39, 0.29) is 0 Å². The minimum Gasteiger partial charge on any atom is -0.497 e. The monoisotopic (exact) mass is 747 g/mol. The van der Waals surface area contributed by atoms with E-state index in [0.717, 1.165) is 50.7 Å². The summed E-state index contributed by atoms with van der Waals surface area (Å²) in [4.78, 5) is 39.2. The molecule has 5 rings (SSSR count). The van der Waals surface area contributed by atoms with Gasteiger partial charge in [-0.15, -0.1) is 0 Å². The Hall–Kier alpha value is -4.79. The zero-order valence-electron chi connectivity index (χ0n) is 27.0. The molecule has 3 aromatic rings. The number of rotatable bonds is 5. The molecule has 0 bridgehead atoms. The van der Waals surface area contributed by atoms with Gasteiger partial charge in [-0.2, -0.15) is 39.5 Å². The minimum atomic E-state index is -5.08. The molecule has 21 heteroatoms. The summed E-state index contributed by atoms with van der Waals surface area (Å²) in [5.41, 5.74) is 3.51. The van der Waals surface area contributed by atoms with Crippen LogP contribution in [0.1, 0.15) is 30.1 Å². The highest BCUT2D eigenvalue weighted by atomic mass is 19.4. The highest BCUT2D eigenvalue weighted by molar-refractivity contribution is 5.73. The molecule has 0 spiro atoms. The van der Waals surface area contributed by atoms with E-state index in [0.29, 0.717) is 6.04 Å². The van der Waals surface area contributed by atoms with E-state index in [2.05, 4.69) is 68.7 Å². The maximum absolute atomic E-state index is 10.6. The van der Waals surface area contributed by atoms with Gasteiger partial charge in [0.05, 0.1) is 18.8 Å². The molecule has 1 atom stereocenters. The van der Waals surface area contributed by atoms with Gasteiger partial charge in [-0.25, -0.2) is 19.4 Å². The van der Waals surface area contributed by atoms with Crippen molar-refractivity contribution in [2.24, 2.45) is 0 Å². The predicted molar refractivity (Wildman–Crippen MR) is 161 cm³/mol. The van der Waals surface area contributed by atoms with Crippen molar-refractivity contribution >= 4 is 29.4 Å². The molecule has 0 saturated carbocycles. The van der Waals surface area contributed by atoms with Crippen LogP contribution in [-0.2, 0) is 20.9 Å². The second kappa shape index (κ2) is 17.9. The number of ether oxygens (including phenoxy) is 1. The van der Waals surface area contributed by atoms with Crippen LogP contribution in [0.4, 0.5) is 45.3 Å². The van der Waals surface area contributed by atoms with Crippen LogP contribution in [0.3, 0.4) is 0 Å². The van der Waals surface area contributed by atoms with Crippen LogP contribution >= 0.6 is 0 Å². The highest BCUT2D eigenvalue weighted by Gasteiger charge is 2.39. The quantitative estimate of drug-likeness (QED) is 0.291. The lowest BCUT2D eigenvalue weighted by Gasteiger charge is -2.38. The standard InChI is InChI=1S/C24H31N5O.3C2HF3O2/c1-26-13-14-27(16-19-7-5-8-20(15-19)30-2)18-22(26)21-17-29-23(25-21)9-6-10-24(29)28-11-3-4-12-28;3*3-2(4,5)1(6)7/h5-10,15,17,22H,3-4,11-14,16,18H2,1-2H3;3*(H,6,7). The normalized spacial score (nSPS) is 16.9. The third-order valence-electron chi connectivity index (χ3n) is 7.26. The third kappa shape index (κ3) is 13.5. The molecule has 2 aliphatic rings. The number of carbonyl (C=O) groups is 3. The minimum absolute atomic E-state index is 0.302. The number of anilines is 1. The summed E-state index contributed by atoms with van der Waals surface area (Å²) in [5, 5.41) is 21.4. The van der Waals surface area contributed by atoms with Gasteiger partial charge < -0.3 is 25.0 Å². The second-order valence-electron chi connectivity index (χ2n) is 11.0. The number of piperazine rings is 1. The Labute approximate surface area is 284 Å². The van der Waals surface area contributed by atoms with Crippen molar-refractivity contribution in [3.05, 3.63) is 59.9 Å². The van der Waals surface area contributed by atoms with Crippen LogP contribution in [0.5, 0.6) is 5.75 Å². The Morgan fingerprint density at radius 2 is 1.31 bits per heavy atom. The first-order valence-corrected chi connectivity index (χ1v) is 14.7. The number of aromatic nitrogens is 2. The number of alkyl halides is 9. The van der Waals surface area contributed by atoms with Gasteiger partial charge in [0.1, 0.15) is 17.2 Å². The Bertz CT molecular complexity index is 1550. The van der Waals surface area contributed by atoms with E-state index in [1.807, 2.05) is 6.07 Å². The summed E-state index contributed by atoms with van der Waals surface area (Å²) in [6.45, 7) is 6.32. The Kier molecular flexibility index (Phi) is 14.9. The first-order chi connectivity index (χ1) is 23.5. The van der Waals surface area contributed by atoms with Gasteiger partial charge in [-0.05, 0) is 49.7 Å². The van der Waals surface area contributed by atoms with Crippen molar-refractivity contribution < 1.29 is 74.0 Å². The van der Waals surface area contributed by atoms with Crippen molar-refractivity contribution in [2.75, 3.05) is 51.8 Å². The molecule has 12 nitrogen and oxygen atoms in total. The van der Waals surface area contributed by atoms with Crippen molar-refractivity contribution in [2.45, 2.75) is 44.0 Å². The number of aliphatic carboxylic acids is 3. The fraction of sp³-hybridized carbons (Fsp3) is 0.467. The predicted octanol–water partition coefficient (Wildman–Crippen LogP) is 5.33. The van der Waals surface area contributed by atoms with Crippen molar-refractivity contribution in [1.82, 2.24) is 19.2 Å². The van der Waals surface area contributed by atoms with Crippen LogP contribution in [-0.4, -0.2) is 118 Å². The third-order valence-corrected chi connectivity index (χ3v) is 7.26. The van der Waals surface area contributed by atoms with Gasteiger partial charge in [0.15, 0.2) is 0 Å². The number of benzene rings is 1. The maximum Gasteiger partial charge on any atom is 0.490 e. The van der Waals surface area contributed by atoms with E-state index < -0.39 is 36.4 Å². The number of halogens is 9. The molecule has 0 radical (unpaired) electrons. The number of imidazole rings is 1. The molecule has 51 heavy (non-hydrogen) atoms. The summed E-state index contributed by atoms with van der Waals surface area (Å²) in [6.07, 6.45) is -10.4. The molecule has 284 valence electrons. The van der Waals surface area contributed by atoms with Crippen LogP contribution in [0, 0.1) is 0 Å². The average Bonchev–Trinajstić information content (AvgIpc) is 3.72. The topological polar surface area (TPSA) is 148 Å². The van der Waals surface area contributed by atoms with Gasteiger partial charge >= 0.3 is 36.4 Å². The molecule has 0 amide bonds. The number of hydrogen-bond donors (Lipinski definition) is 3. The van der Waals surface area contributed by atoms with Crippen LogP contribution in [0.25, 0.3) is 5.65 Å². The van der Waals surface area contributed by atoms with Crippen LogP contribution < -0.4 is 9.64 Å². The molecule has 2 fully saturated rings. The lowest BCUT2D eigenvalue weighted by Crippen LogP contribution is -2.46. The lowest BCUT2D eigenvalue weighted by atomic mass is 10.1. The molecule has 1 aromatic carbocycles. The second-order valence-corrected chi connectivity index (χ2v) is 11.0. The van der Waals surface area contributed by atoms with Crippen LogP contribution in [0.15, 0.2) is 48.7 Å². The molecular weight excluding hydrogens is 713 g/mol. The summed E-state index contributed by atoms with van der Waals surface area (Å²) in [7, 11) is 3.95. The summed E-state index contributed by atoms with van der Waals surface area (Å²) in [6, 6.07) is 15.2. The molecule has 2 saturated heterocycles. The smallest absolute Gasteiger partial charge is 0.490 e. The van der Waals surface area contributed by atoms with E-state index >= 15 is 0 Å². The van der Waals surface area contributed by atoms with E-state index in [1.54, 1.807) is 7.11 Å². The van der Waals surface area contributed by atoms with Gasteiger partial charge in [0, 0.05) is 45.5 Å². The number of methoxy groups -OCH3 is 1. The zero-order chi connectivity index (χ0) is 38.7. The molecule has 4 heterocycles. The Balaban J connectivity index is 0.000000352. The summed E-state index contributed by atoms with van der Waals surface area (Å²) < 4.78 is 103. The summed E-state index contributed by atoms with van der Waals surface area (Å²) in [5.74, 6) is -6.07. The van der Waals surface area contributed by atoms with Gasteiger partial charge in [-0.3, -0.25) is 14.2 Å².